The molecule has 13 heteroatoms. The summed E-state index contributed by atoms with van der Waals surface area (Å²) in [4.78, 5) is 41.8. The highest BCUT2D eigenvalue weighted by Crippen LogP contribution is 2.34. The molecular formula is C36H37FN8O4. The van der Waals surface area contributed by atoms with Crippen molar-refractivity contribution in [3.63, 3.8) is 0 Å². The van der Waals surface area contributed by atoms with E-state index in [1.165, 1.54) is 13.2 Å². The van der Waals surface area contributed by atoms with Gasteiger partial charge in [0.05, 0.1) is 25.6 Å². The summed E-state index contributed by atoms with van der Waals surface area (Å²) in [6.07, 6.45) is 4.00. The molecule has 6 rings (SSSR count). The van der Waals surface area contributed by atoms with Crippen LogP contribution in [0.2, 0.25) is 0 Å². The van der Waals surface area contributed by atoms with E-state index in [-0.39, 0.29) is 22.8 Å². The van der Waals surface area contributed by atoms with Gasteiger partial charge in [-0.1, -0.05) is 24.3 Å². The van der Waals surface area contributed by atoms with E-state index in [0.29, 0.717) is 41.5 Å². The fourth-order valence-corrected chi connectivity index (χ4v) is 5.87. The Labute approximate surface area is 283 Å². The van der Waals surface area contributed by atoms with Crippen LogP contribution in [0.1, 0.15) is 43.6 Å². The fraction of sp³-hybridized carbons (Fsp3) is 0.250. The van der Waals surface area contributed by atoms with Crippen LogP contribution in [0.25, 0.3) is 11.1 Å². The molecule has 3 aromatic heterocycles. The van der Waals surface area contributed by atoms with Gasteiger partial charge in [0.25, 0.3) is 11.8 Å². The number of halogens is 1. The monoisotopic (exact) mass is 664 g/mol. The van der Waals surface area contributed by atoms with E-state index in [4.69, 9.17) is 9.47 Å². The highest BCUT2D eigenvalue weighted by molar-refractivity contribution is 6.04. The minimum Gasteiger partial charge on any atom is -0.496 e. The highest BCUT2D eigenvalue weighted by Gasteiger charge is 2.25. The molecule has 0 bridgehead atoms. The first-order valence-corrected chi connectivity index (χ1v) is 15.7. The zero-order chi connectivity index (χ0) is 34.7. The van der Waals surface area contributed by atoms with Crippen LogP contribution in [0.5, 0.6) is 11.6 Å². The molecule has 49 heavy (non-hydrogen) atoms. The first-order valence-electron chi connectivity index (χ1n) is 15.7. The largest absolute Gasteiger partial charge is 0.496 e. The Balaban J connectivity index is 1.18. The number of carbonyl (C=O) groups is 2. The highest BCUT2D eigenvalue weighted by atomic mass is 19.1. The molecule has 0 fully saturated rings. The number of anilines is 3. The van der Waals surface area contributed by atoms with E-state index in [0.717, 1.165) is 35.6 Å². The second-order valence-electron chi connectivity index (χ2n) is 11.8. The first-order chi connectivity index (χ1) is 23.7. The second kappa shape index (κ2) is 14.1. The SMILES string of the molecule is COc1cc(NCc2cnc(C(=O)Nc3cccc(-c4cccc(NC(=O)c5nc6c(n5C)CCN(C)C6)c4F)c3C)cc2OC)ccn1. The zero-order valence-electron chi connectivity index (χ0n) is 27.9. The smallest absolute Gasteiger partial charge is 0.291 e. The van der Waals surface area contributed by atoms with Crippen LogP contribution < -0.4 is 25.4 Å². The van der Waals surface area contributed by atoms with Gasteiger partial charge in [0, 0.05) is 85.8 Å². The number of ether oxygens (including phenoxy) is 2. The van der Waals surface area contributed by atoms with Crippen LogP contribution in [0.3, 0.4) is 0 Å². The van der Waals surface area contributed by atoms with Gasteiger partial charge in [0.2, 0.25) is 5.88 Å². The Morgan fingerprint density at radius 1 is 0.939 bits per heavy atom. The van der Waals surface area contributed by atoms with Gasteiger partial charge in [-0.25, -0.2) is 14.4 Å². The standard InChI is InChI=1S/C36H37FN8O4/c1-21-24(25-9-7-11-27(33(25)37)43-36(47)34-41-29-20-44(2)15-13-30(29)45(34)3)8-6-10-26(21)42-35(46)28-17-31(48-4)22(19-40-28)18-39-23-12-14-38-32(16-23)49-5/h6-12,14,16-17,19H,13,15,18,20H2,1-5H3,(H,38,39)(H,42,46)(H,43,47). The molecule has 2 aromatic carbocycles. The summed E-state index contributed by atoms with van der Waals surface area (Å²) in [6, 6.07) is 15.2. The topological polar surface area (TPSA) is 136 Å². The number of benzene rings is 2. The van der Waals surface area contributed by atoms with E-state index in [1.54, 1.807) is 80.5 Å². The van der Waals surface area contributed by atoms with Crippen molar-refractivity contribution in [2.24, 2.45) is 7.05 Å². The molecule has 1 aliphatic heterocycles. The number of pyridine rings is 2. The lowest BCUT2D eigenvalue weighted by Gasteiger charge is -2.21. The summed E-state index contributed by atoms with van der Waals surface area (Å²) < 4.78 is 28.5. The van der Waals surface area contributed by atoms with Crippen molar-refractivity contribution in [1.29, 1.82) is 0 Å². The maximum atomic E-state index is 16.0. The Hall–Kier alpha value is -5.82. The zero-order valence-corrected chi connectivity index (χ0v) is 27.9. The number of imidazole rings is 1. The van der Waals surface area contributed by atoms with Crippen molar-refractivity contribution in [3.05, 3.63) is 107 Å². The van der Waals surface area contributed by atoms with Gasteiger partial charge in [-0.15, -0.1) is 0 Å². The lowest BCUT2D eigenvalue weighted by Crippen LogP contribution is -2.27. The molecule has 252 valence electrons. The van der Waals surface area contributed by atoms with E-state index < -0.39 is 17.6 Å². The third-order valence-electron chi connectivity index (χ3n) is 8.59. The number of aromatic nitrogens is 4. The molecule has 0 aliphatic carbocycles. The molecule has 5 aromatic rings. The molecule has 3 N–H and O–H groups in total. The van der Waals surface area contributed by atoms with Crippen LogP contribution >= 0.6 is 0 Å². The molecule has 12 nitrogen and oxygen atoms in total. The van der Waals surface area contributed by atoms with Gasteiger partial charge in [-0.2, -0.15) is 0 Å². The molecule has 0 atom stereocenters. The Morgan fingerprint density at radius 2 is 1.69 bits per heavy atom. The van der Waals surface area contributed by atoms with Crippen molar-refractivity contribution >= 4 is 28.9 Å². The number of nitrogens with zero attached hydrogens (tertiary/aromatic N) is 5. The molecule has 0 saturated carbocycles. The molecule has 4 heterocycles. The summed E-state index contributed by atoms with van der Waals surface area (Å²) in [6.45, 7) is 3.71. The van der Waals surface area contributed by atoms with Gasteiger partial charge in [0.15, 0.2) is 11.6 Å². The van der Waals surface area contributed by atoms with Crippen LogP contribution in [-0.4, -0.2) is 64.0 Å². The number of hydrogen-bond donors (Lipinski definition) is 3. The van der Waals surface area contributed by atoms with E-state index >= 15 is 4.39 Å². The molecule has 1 aliphatic rings. The lowest BCUT2D eigenvalue weighted by molar-refractivity contribution is 0.100. The summed E-state index contributed by atoms with van der Waals surface area (Å²) in [5.41, 5.74) is 5.54. The van der Waals surface area contributed by atoms with Crippen molar-refractivity contribution < 1.29 is 23.5 Å². The van der Waals surface area contributed by atoms with Crippen molar-refractivity contribution in [3.8, 4) is 22.8 Å². The molecule has 2 amide bonds. The molecule has 0 spiro atoms. The Bertz CT molecular complexity index is 2050. The number of nitrogens with one attached hydrogen (secondary N) is 3. The van der Waals surface area contributed by atoms with Crippen LogP contribution in [0, 0.1) is 12.7 Å². The van der Waals surface area contributed by atoms with Crippen LogP contribution in [0.15, 0.2) is 67.0 Å². The lowest BCUT2D eigenvalue weighted by atomic mass is 9.98. The summed E-state index contributed by atoms with van der Waals surface area (Å²) in [5, 5.41) is 8.88. The normalized spacial score (nSPS) is 12.6. The number of likely N-dealkylation sites (N-methyl/N-ethyl adjacent to an activating group) is 1. The molecule has 0 unspecified atom stereocenters. The molecule has 0 radical (unpaired) electrons. The van der Waals surface area contributed by atoms with Gasteiger partial charge < -0.3 is 34.9 Å². The van der Waals surface area contributed by atoms with E-state index in [9.17, 15) is 9.59 Å². The average molecular weight is 665 g/mol. The van der Waals surface area contributed by atoms with Crippen LogP contribution in [-0.2, 0) is 26.6 Å². The Kier molecular flexibility index (Phi) is 9.54. The quantitative estimate of drug-likeness (QED) is 0.178. The first kappa shape index (κ1) is 33.1. The van der Waals surface area contributed by atoms with Crippen molar-refractivity contribution in [2.75, 3.05) is 43.8 Å². The second-order valence-corrected chi connectivity index (χ2v) is 11.8. The number of amides is 2. The summed E-state index contributed by atoms with van der Waals surface area (Å²) in [7, 11) is 6.89. The van der Waals surface area contributed by atoms with Gasteiger partial charge in [-0.05, 0) is 43.3 Å². The third kappa shape index (κ3) is 6.92. The minimum absolute atomic E-state index is 0.0309. The predicted octanol–water partition coefficient (Wildman–Crippen LogP) is 5.45. The summed E-state index contributed by atoms with van der Waals surface area (Å²) in [5.74, 6) is -0.344. The maximum Gasteiger partial charge on any atom is 0.291 e. The maximum absolute atomic E-state index is 16.0. The van der Waals surface area contributed by atoms with E-state index in [2.05, 4.69) is 35.8 Å². The van der Waals surface area contributed by atoms with Gasteiger partial charge in [0.1, 0.15) is 11.4 Å². The fourth-order valence-electron chi connectivity index (χ4n) is 5.87. The number of hydrogen-bond acceptors (Lipinski definition) is 9. The van der Waals surface area contributed by atoms with E-state index in [1.807, 2.05) is 13.1 Å². The minimum atomic E-state index is -0.595. The average Bonchev–Trinajstić information content (AvgIpc) is 3.44. The Morgan fingerprint density at radius 3 is 2.47 bits per heavy atom. The third-order valence-corrected chi connectivity index (χ3v) is 8.59. The van der Waals surface area contributed by atoms with Crippen molar-refractivity contribution in [1.82, 2.24) is 24.4 Å². The van der Waals surface area contributed by atoms with Gasteiger partial charge in [-0.3, -0.25) is 14.6 Å². The number of carbonyl (C=O) groups excluding carboxylic acids is 2. The summed E-state index contributed by atoms with van der Waals surface area (Å²) >= 11 is 0. The molecular weight excluding hydrogens is 627 g/mol. The number of methoxy groups -OCH3 is 2. The number of rotatable bonds is 10. The molecule has 0 saturated heterocycles. The van der Waals surface area contributed by atoms with Crippen LogP contribution in [0.4, 0.5) is 21.5 Å². The van der Waals surface area contributed by atoms with Gasteiger partial charge >= 0.3 is 0 Å². The van der Waals surface area contributed by atoms with Crippen molar-refractivity contribution in [2.45, 2.75) is 26.4 Å². The number of fused-ring (bicyclic) bond motifs is 1. The predicted molar refractivity (Wildman–Crippen MR) is 185 cm³/mol.